The number of nitrogens with one attached hydrogen (secondary N) is 2. The number of hydrogen-bond acceptors (Lipinski definition) is 4. The molecule has 0 aliphatic carbocycles. The number of hydrogen-bond donors (Lipinski definition) is 2. The van der Waals surface area contributed by atoms with Crippen molar-refractivity contribution >= 4 is 22.9 Å². The van der Waals surface area contributed by atoms with Crippen LogP contribution < -0.4 is 10.6 Å². The van der Waals surface area contributed by atoms with E-state index in [0.29, 0.717) is 18.5 Å². The quantitative estimate of drug-likeness (QED) is 0.779. The van der Waals surface area contributed by atoms with Crippen LogP contribution >= 0.6 is 11.3 Å². The average Bonchev–Trinajstić information content (AvgIpc) is 3.01. The van der Waals surface area contributed by atoms with Crippen LogP contribution in [0.15, 0.2) is 35.7 Å². The van der Waals surface area contributed by atoms with E-state index in [1.54, 1.807) is 17.4 Å². The van der Waals surface area contributed by atoms with Crippen molar-refractivity contribution in [3.05, 3.63) is 52.0 Å². The van der Waals surface area contributed by atoms with Gasteiger partial charge < -0.3 is 10.6 Å². The lowest BCUT2D eigenvalue weighted by Crippen LogP contribution is -2.59. The molecule has 146 valence electrons. The van der Waals surface area contributed by atoms with Crippen molar-refractivity contribution in [3.63, 3.8) is 0 Å². The zero-order valence-corrected chi connectivity index (χ0v) is 17.0. The van der Waals surface area contributed by atoms with Crippen LogP contribution in [0, 0.1) is 12.7 Å². The van der Waals surface area contributed by atoms with Gasteiger partial charge in [-0.2, -0.15) is 0 Å². The summed E-state index contributed by atoms with van der Waals surface area (Å²) in [4.78, 5) is 16.8. The lowest BCUT2D eigenvalue weighted by atomic mass is 9.85. The van der Waals surface area contributed by atoms with Gasteiger partial charge in [-0.1, -0.05) is 6.07 Å². The molecule has 0 unspecified atom stereocenters. The Morgan fingerprint density at radius 2 is 2.04 bits per heavy atom. The maximum Gasteiger partial charge on any atom is 0.245 e. The number of amides is 1. The number of carbonyl (C=O) groups excluding carboxylic acids is 1. The molecule has 0 bridgehead atoms. The molecule has 0 radical (unpaired) electrons. The van der Waals surface area contributed by atoms with Crippen LogP contribution in [0.25, 0.3) is 0 Å². The molecule has 1 aliphatic rings. The second-order valence-electron chi connectivity index (χ2n) is 7.65. The maximum atomic E-state index is 13.6. The van der Waals surface area contributed by atoms with Crippen molar-refractivity contribution in [3.8, 4) is 0 Å². The Balaban J connectivity index is 1.73. The number of piperidine rings is 1. The van der Waals surface area contributed by atoms with E-state index in [0.717, 1.165) is 19.6 Å². The molecular weight excluding hydrogens is 361 g/mol. The number of aryl methyl sites for hydroxylation is 1. The van der Waals surface area contributed by atoms with Crippen molar-refractivity contribution in [2.45, 2.75) is 51.7 Å². The highest BCUT2D eigenvalue weighted by molar-refractivity contribution is 7.10. The fraction of sp³-hybridized carbons (Fsp3) is 0.476. The summed E-state index contributed by atoms with van der Waals surface area (Å²) < 4.78 is 13.6. The van der Waals surface area contributed by atoms with Crippen LogP contribution in [0.5, 0.6) is 0 Å². The van der Waals surface area contributed by atoms with Gasteiger partial charge in [0.25, 0.3) is 0 Å². The fourth-order valence-corrected chi connectivity index (χ4v) is 4.46. The molecule has 1 aromatic carbocycles. The highest BCUT2D eigenvalue weighted by atomic mass is 32.1. The van der Waals surface area contributed by atoms with Crippen LogP contribution in [0.4, 0.5) is 10.1 Å². The molecule has 6 heteroatoms. The van der Waals surface area contributed by atoms with E-state index >= 15 is 0 Å². The predicted octanol–water partition coefficient (Wildman–Crippen LogP) is 4.17. The van der Waals surface area contributed by atoms with Gasteiger partial charge in [-0.15, -0.1) is 11.3 Å². The normalized spacial score (nSPS) is 17.1. The van der Waals surface area contributed by atoms with Crippen molar-refractivity contribution in [2.24, 2.45) is 0 Å². The van der Waals surface area contributed by atoms with Gasteiger partial charge in [0.05, 0.1) is 0 Å². The van der Waals surface area contributed by atoms with Crippen LogP contribution in [-0.2, 0) is 11.3 Å². The fourth-order valence-electron chi connectivity index (χ4n) is 3.51. The van der Waals surface area contributed by atoms with E-state index in [4.69, 9.17) is 0 Å². The Kier molecular flexibility index (Phi) is 6.17. The predicted molar refractivity (Wildman–Crippen MR) is 110 cm³/mol. The van der Waals surface area contributed by atoms with Crippen LogP contribution in [0.2, 0.25) is 0 Å². The van der Waals surface area contributed by atoms with E-state index < -0.39 is 5.54 Å². The minimum Gasteiger partial charge on any atom is -0.371 e. The van der Waals surface area contributed by atoms with Crippen molar-refractivity contribution < 1.29 is 9.18 Å². The molecule has 0 spiro atoms. The van der Waals surface area contributed by atoms with E-state index in [1.807, 2.05) is 19.9 Å². The highest BCUT2D eigenvalue weighted by Crippen LogP contribution is 2.30. The molecule has 1 aliphatic heterocycles. The van der Waals surface area contributed by atoms with Gasteiger partial charge in [0.2, 0.25) is 5.91 Å². The Bertz CT molecular complexity index is 781. The zero-order chi connectivity index (χ0) is 19.4. The van der Waals surface area contributed by atoms with Crippen molar-refractivity contribution in [2.75, 3.05) is 18.4 Å². The van der Waals surface area contributed by atoms with Gasteiger partial charge in [0, 0.05) is 36.2 Å². The topological polar surface area (TPSA) is 44.4 Å². The first-order chi connectivity index (χ1) is 12.9. The monoisotopic (exact) mass is 389 g/mol. The first kappa shape index (κ1) is 19.8. The molecule has 3 rings (SSSR count). The Morgan fingerprint density at radius 3 is 2.63 bits per heavy atom. The summed E-state index contributed by atoms with van der Waals surface area (Å²) in [7, 11) is 0. The number of carbonyl (C=O) groups is 1. The van der Waals surface area contributed by atoms with Crippen molar-refractivity contribution in [1.29, 1.82) is 0 Å². The molecule has 4 nitrogen and oxygen atoms in total. The standard InChI is InChI=1S/C21H28FN3OS/c1-15(2)23-20(26)21(24-18-6-4-5-17(22)13-18)8-10-25(11-9-21)14-19-16(3)7-12-27-19/h4-7,12-13,15,24H,8-11,14H2,1-3H3,(H,23,26). The molecule has 0 atom stereocenters. The third kappa shape index (κ3) is 4.87. The molecule has 2 N–H and O–H groups in total. The summed E-state index contributed by atoms with van der Waals surface area (Å²) in [6.07, 6.45) is 1.37. The second-order valence-corrected chi connectivity index (χ2v) is 8.65. The van der Waals surface area contributed by atoms with Gasteiger partial charge in [0.15, 0.2) is 0 Å². The smallest absolute Gasteiger partial charge is 0.245 e. The highest BCUT2D eigenvalue weighted by Gasteiger charge is 2.41. The van der Waals surface area contributed by atoms with Gasteiger partial charge in [-0.05, 0) is 68.8 Å². The summed E-state index contributed by atoms with van der Waals surface area (Å²) in [5.41, 5.74) is 1.27. The minimum atomic E-state index is -0.709. The molecule has 0 saturated carbocycles. The van der Waals surface area contributed by atoms with Crippen LogP contribution in [0.1, 0.15) is 37.1 Å². The number of rotatable bonds is 6. The van der Waals surface area contributed by atoms with Crippen LogP contribution in [0.3, 0.4) is 0 Å². The third-order valence-corrected chi connectivity index (χ3v) is 6.12. The second kappa shape index (κ2) is 8.40. The number of thiophene rings is 1. The van der Waals surface area contributed by atoms with Gasteiger partial charge in [-0.3, -0.25) is 9.69 Å². The Hall–Kier alpha value is -1.92. The number of anilines is 1. The molecule has 2 aromatic rings. The van der Waals surface area contributed by atoms with Crippen molar-refractivity contribution in [1.82, 2.24) is 10.2 Å². The summed E-state index contributed by atoms with van der Waals surface area (Å²) >= 11 is 1.78. The molecule has 1 aromatic heterocycles. The molecule has 1 amide bonds. The van der Waals surface area contributed by atoms with E-state index in [1.165, 1.54) is 22.6 Å². The van der Waals surface area contributed by atoms with Gasteiger partial charge in [-0.25, -0.2) is 4.39 Å². The van der Waals surface area contributed by atoms with E-state index in [9.17, 15) is 9.18 Å². The maximum absolute atomic E-state index is 13.6. The van der Waals surface area contributed by atoms with E-state index in [2.05, 4.69) is 33.9 Å². The van der Waals surface area contributed by atoms with Gasteiger partial charge in [0.1, 0.15) is 11.4 Å². The Morgan fingerprint density at radius 1 is 1.30 bits per heavy atom. The summed E-state index contributed by atoms with van der Waals surface area (Å²) in [6.45, 7) is 8.63. The zero-order valence-electron chi connectivity index (χ0n) is 16.2. The number of nitrogens with zero attached hydrogens (tertiary/aromatic N) is 1. The summed E-state index contributed by atoms with van der Waals surface area (Å²) in [6, 6.07) is 8.56. The minimum absolute atomic E-state index is 0.00582. The Labute approximate surface area is 164 Å². The first-order valence-corrected chi connectivity index (χ1v) is 10.4. The molecule has 1 fully saturated rings. The third-order valence-electron chi connectivity index (χ3n) is 5.11. The SMILES string of the molecule is Cc1ccsc1CN1CCC(Nc2cccc(F)c2)(C(=O)NC(C)C)CC1. The molecule has 27 heavy (non-hydrogen) atoms. The summed E-state index contributed by atoms with van der Waals surface area (Å²) in [5.74, 6) is -0.307. The first-order valence-electron chi connectivity index (χ1n) is 9.48. The lowest BCUT2D eigenvalue weighted by Gasteiger charge is -2.42. The van der Waals surface area contributed by atoms with Gasteiger partial charge >= 0.3 is 0 Å². The average molecular weight is 390 g/mol. The largest absolute Gasteiger partial charge is 0.371 e. The number of likely N-dealkylation sites (tertiary alicyclic amines) is 1. The van der Waals surface area contributed by atoms with E-state index in [-0.39, 0.29) is 17.8 Å². The van der Waals surface area contributed by atoms with Crippen LogP contribution in [-0.4, -0.2) is 35.5 Å². The summed E-state index contributed by atoms with van der Waals surface area (Å²) in [5, 5.41) is 8.53. The number of halogens is 1. The molecular formula is C21H28FN3OS. The molecule has 2 heterocycles. The number of benzene rings is 1. The lowest BCUT2D eigenvalue weighted by molar-refractivity contribution is -0.127. The molecule has 1 saturated heterocycles.